The van der Waals surface area contributed by atoms with Crippen molar-refractivity contribution in [1.29, 1.82) is 0 Å². The Morgan fingerprint density at radius 2 is 1.89 bits per heavy atom. The van der Waals surface area contributed by atoms with Crippen molar-refractivity contribution < 1.29 is 27.1 Å². The van der Waals surface area contributed by atoms with Gasteiger partial charge in [-0.2, -0.15) is 4.31 Å². The molecule has 0 fully saturated rings. The highest BCUT2D eigenvalue weighted by Crippen LogP contribution is 2.31. The fourth-order valence-electron chi connectivity index (χ4n) is 2.46. The zero-order valence-corrected chi connectivity index (χ0v) is 16.6. The first-order valence-electron chi connectivity index (χ1n) is 8.32. The van der Waals surface area contributed by atoms with Crippen molar-refractivity contribution in [2.24, 2.45) is 0 Å². The van der Waals surface area contributed by atoms with Gasteiger partial charge in [-0.15, -0.1) is 0 Å². The SMILES string of the molecule is COc1ccc(S(=O)(=O)N(CC(=O)NC(C)C)Cc2ccco2)cc1OC. The van der Waals surface area contributed by atoms with Crippen LogP contribution in [0.5, 0.6) is 11.5 Å². The summed E-state index contributed by atoms with van der Waals surface area (Å²) in [4.78, 5) is 12.2. The Kier molecular flexibility index (Phi) is 6.86. The van der Waals surface area contributed by atoms with Gasteiger partial charge in [-0.3, -0.25) is 4.79 Å². The molecule has 1 N–H and O–H groups in total. The van der Waals surface area contributed by atoms with Gasteiger partial charge < -0.3 is 19.2 Å². The second kappa shape index (κ2) is 8.92. The molecule has 2 aromatic rings. The fraction of sp³-hybridized carbons (Fsp3) is 0.389. The third-order valence-corrected chi connectivity index (χ3v) is 5.46. The quantitative estimate of drug-likeness (QED) is 0.696. The molecule has 0 aliphatic rings. The molecule has 0 aliphatic heterocycles. The van der Waals surface area contributed by atoms with E-state index >= 15 is 0 Å². The summed E-state index contributed by atoms with van der Waals surface area (Å²) in [6, 6.07) is 7.48. The highest BCUT2D eigenvalue weighted by Gasteiger charge is 2.29. The maximum absolute atomic E-state index is 13.2. The molecule has 27 heavy (non-hydrogen) atoms. The highest BCUT2D eigenvalue weighted by atomic mass is 32.2. The summed E-state index contributed by atoms with van der Waals surface area (Å²) in [7, 11) is -1.10. The molecule has 0 aliphatic carbocycles. The number of hydrogen-bond donors (Lipinski definition) is 1. The van der Waals surface area contributed by atoms with Gasteiger partial charge in [0.05, 0.1) is 38.5 Å². The fourth-order valence-corrected chi connectivity index (χ4v) is 3.83. The first-order chi connectivity index (χ1) is 12.8. The summed E-state index contributed by atoms with van der Waals surface area (Å²) in [6.45, 7) is 3.19. The Morgan fingerprint density at radius 3 is 2.44 bits per heavy atom. The van der Waals surface area contributed by atoms with Gasteiger partial charge in [0.2, 0.25) is 15.9 Å². The third-order valence-electron chi connectivity index (χ3n) is 3.67. The maximum Gasteiger partial charge on any atom is 0.244 e. The average Bonchev–Trinajstić information content (AvgIpc) is 3.12. The van der Waals surface area contributed by atoms with E-state index in [4.69, 9.17) is 13.9 Å². The maximum atomic E-state index is 13.2. The number of rotatable bonds is 9. The summed E-state index contributed by atoms with van der Waals surface area (Å²) in [6.07, 6.45) is 1.45. The second-order valence-corrected chi connectivity index (χ2v) is 8.03. The molecule has 148 valence electrons. The normalized spacial score (nSPS) is 11.6. The minimum absolute atomic E-state index is 0.0101. The molecule has 0 bridgehead atoms. The standard InChI is InChI=1S/C18H24N2O6S/c1-13(2)19-18(21)12-20(11-14-6-5-9-26-14)27(22,23)15-7-8-16(24-3)17(10-15)25-4/h5-10,13H,11-12H2,1-4H3,(H,19,21). The van der Waals surface area contributed by atoms with Crippen molar-refractivity contribution in [3.8, 4) is 11.5 Å². The van der Waals surface area contributed by atoms with Crippen molar-refractivity contribution in [1.82, 2.24) is 9.62 Å². The zero-order chi connectivity index (χ0) is 20.0. The van der Waals surface area contributed by atoms with Crippen LogP contribution in [0.25, 0.3) is 0 Å². The van der Waals surface area contributed by atoms with Crippen molar-refractivity contribution in [2.75, 3.05) is 20.8 Å². The van der Waals surface area contributed by atoms with E-state index in [0.717, 1.165) is 4.31 Å². The van der Waals surface area contributed by atoms with Crippen LogP contribution in [-0.4, -0.2) is 45.4 Å². The number of sulfonamides is 1. The molecule has 9 heteroatoms. The van der Waals surface area contributed by atoms with Gasteiger partial charge in [-0.1, -0.05) is 0 Å². The third kappa shape index (κ3) is 5.24. The molecule has 0 saturated carbocycles. The van der Waals surface area contributed by atoms with E-state index in [0.29, 0.717) is 11.5 Å². The molecule has 8 nitrogen and oxygen atoms in total. The first-order valence-corrected chi connectivity index (χ1v) is 9.76. The minimum Gasteiger partial charge on any atom is -0.493 e. The largest absolute Gasteiger partial charge is 0.493 e. The van der Waals surface area contributed by atoms with Crippen LogP contribution in [0.2, 0.25) is 0 Å². The molecule has 2 rings (SSSR count). The van der Waals surface area contributed by atoms with Gasteiger partial charge in [-0.25, -0.2) is 8.42 Å². The van der Waals surface area contributed by atoms with Crippen LogP contribution in [0.4, 0.5) is 0 Å². The van der Waals surface area contributed by atoms with E-state index in [1.165, 1.54) is 38.7 Å². The van der Waals surface area contributed by atoms with Gasteiger partial charge in [0, 0.05) is 12.1 Å². The van der Waals surface area contributed by atoms with E-state index in [-0.39, 0.29) is 29.8 Å². The van der Waals surface area contributed by atoms with Crippen molar-refractivity contribution in [3.63, 3.8) is 0 Å². The number of methoxy groups -OCH3 is 2. The van der Waals surface area contributed by atoms with Crippen LogP contribution in [0, 0.1) is 0 Å². The number of benzene rings is 1. The zero-order valence-electron chi connectivity index (χ0n) is 15.8. The topological polar surface area (TPSA) is 98.1 Å². The van der Waals surface area contributed by atoms with Gasteiger partial charge in [0.15, 0.2) is 11.5 Å². The molecule has 1 aromatic carbocycles. The van der Waals surface area contributed by atoms with Gasteiger partial charge in [0.25, 0.3) is 0 Å². The van der Waals surface area contributed by atoms with Crippen molar-refractivity contribution >= 4 is 15.9 Å². The summed E-state index contributed by atoms with van der Waals surface area (Å²) >= 11 is 0. The Balaban J connectivity index is 2.38. The highest BCUT2D eigenvalue weighted by molar-refractivity contribution is 7.89. The van der Waals surface area contributed by atoms with Gasteiger partial charge >= 0.3 is 0 Å². The van der Waals surface area contributed by atoms with E-state index in [9.17, 15) is 13.2 Å². The minimum atomic E-state index is -3.99. The van der Waals surface area contributed by atoms with E-state index in [1.54, 1.807) is 26.0 Å². The van der Waals surface area contributed by atoms with Crippen molar-refractivity contribution in [3.05, 3.63) is 42.4 Å². The number of ether oxygens (including phenoxy) is 2. The number of carbonyl (C=O) groups excluding carboxylic acids is 1. The lowest BCUT2D eigenvalue weighted by molar-refractivity contribution is -0.121. The predicted molar refractivity (Wildman–Crippen MR) is 99.1 cm³/mol. The summed E-state index contributed by atoms with van der Waals surface area (Å²) in [5.74, 6) is 0.715. The van der Waals surface area contributed by atoms with Crippen molar-refractivity contribution in [2.45, 2.75) is 31.3 Å². The lowest BCUT2D eigenvalue weighted by atomic mass is 10.3. The molecule has 0 saturated heterocycles. The van der Waals surface area contributed by atoms with Crippen LogP contribution >= 0.6 is 0 Å². The number of nitrogens with zero attached hydrogens (tertiary/aromatic N) is 1. The number of hydrogen-bond acceptors (Lipinski definition) is 6. The van der Waals surface area contributed by atoms with Crippen LogP contribution in [0.3, 0.4) is 0 Å². The monoisotopic (exact) mass is 396 g/mol. The summed E-state index contributed by atoms with van der Waals surface area (Å²) in [5, 5.41) is 2.70. The lowest BCUT2D eigenvalue weighted by Crippen LogP contribution is -2.42. The molecule has 1 aromatic heterocycles. The Morgan fingerprint density at radius 1 is 1.19 bits per heavy atom. The molecule has 0 spiro atoms. The second-order valence-electron chi connectivity index (χ2n) is 6.09. The van der Waals surface area contributed by atoms with Crippen LogP contribution in [-0.2, 0) is 21.4 Å². The Labute approximate surface area is 159 Å². The lowest BCUT2D eigenvalue weighted by Gasteiger charge is -2.22. The van der Waals surface area contributed by atoms with Crippen LogP contribution in [0.1, 0.15) is 19.6 Å². The Bertz CT molecular complexity index is 862. The summed E-state index contributed by atoms with van der Waals surface area (Å²) < 4.78 is 43.0. The van der Waals surface area contributed by atoms with E-state index in [1.807, 2.05) is 0 Å². The number of amides is 1. The molecular formula is C18H24N2O6S. The molecular weight excluding hydrogens is 372 g/mol. The average molecular weight is 396 g/mol. The van der Waals surface area contributed by atoms with Crippen LogP contribution < -0.4 is 14.8 Å². The summed E-state index contributed by atoms with van der Waals surface area (Å²) in [5.41, 5.74) is 0. The molecule has 0 unspecified atom stereocenters. The van der Waals surface area contributed by atoms with E-state index < -0.39 is 15.9 Å². The number of carbonyl (C=O) groups is 1. The van der Waals surface area contributed by atoms with Gasteiger partial charge in [0.1, 0.15) is 5.76 Å². The Hall–Kier alpha value is -2.52. The smallest absolute Gasteiger partial charge is 0.244 e. The van der Waals surface area contributed by atoms with Gasteiger partial charge in [-0.05, 0) is 38.1 Å². The number of nitrogens with one attached hydrogen (secondary N) is 1. The molecule has 0 atom stereocenters. The van der Waals surface area contributed by atoms with Crippen LogP contribution in [0.15, 0.2) is 45.9 Å². The molecule has 1 amide bonds. The number of furan rings is 1. The molecule has 0 radical (unpaired) electrons. The predicted octanol–water partition coefficient (Wildman–Crippen LogP) is 2.01. The first kappa shape index (κ1) is 20.8. The molecule has 1 heterocycles. The van der Waals surface area contributed by atoms with E-state index in [2.05, 4.69) is 5.32 Å².